The number of methoxy groups -OCH3 is 1. The van der Waals surface area contributed by atoms with E-state index in [9.17, 15) is 9.18 Å². The molecular weight excluding hydrogens is 381 g/mol. The van der Waals surface area contributed by atoms with E-state index < -0.39 is 11.7 Å². The summed E-state index contributed by atoms with van der Waals surface area (Å²) in [4.78, 5) is 16.0. The monoisotopic (exact) mass is 409 g/mol. The standard InChI is InChI=1S/C20H28FN3O5/c1-20(2,3)29-19(25)23-12-14(11-21)13-27-15-6-7-16-17(10-15)28-18(24-16)22-8-5-9-26-4/h6-7,10-11H,5,8-9,12-13H2,1-4H3,(H,22,24)(H,23,25)/b14-11-. The van der Waals surface area contributed by atoms with E-state index in [1.165, 1.54) is 0 Å². The van der Waals surface area contributed by atoms with Crippen LogP contribution in [0.1, 0.15) is 27.2 Å². The van der Waals surface area contributed by atoms with Crippen LogP contribution in [-0.2, 0) is 9.47 Å². The molecule has 1 amide bonds. The zero-order chi connectivity index (χ0) is 21.3. The molecule has 2 aromatic rings. The van der Waals surface area contributed by atoms with Gasteiger partial charge in [-0.2, -0.15) is 4.98 Å². The smallest absolute Gasteiger partial charge is 0.407 e. The van der Waals surface area contributed by atoms with Crippen molar-refractivity contribution >= 4 is 23.2 Å². The number of hydrogen-bond donors (Lipinski definition) is 2. The lowest BCUT2D eigenvalue weighted by molar-refractivity contribution is 0.0531. The number of benzene rings is 1. The van der Waals surface area contributed by atoms with Gasteiger partial charge in [0.25, 0.3) is 6.01 Å². The lowest BCUT2D eigenvalue weighted by Gasteiger charge is -2.20. The van der Waals surface area contributed by atoms with E-state index in [0.29, 0.717) is 42.3 Å². The molecule has 0 unspecified atom stereocenters. The van der Waals surface area contributed by atoms with Crippen molar-refractivity contribution < 1.29 is 27.8 Å². The van der Waals surface area contributed by atoms with Crippen molar-refractivity contribution in [1.82, 2.24) is 10.3 Å². The van der Waals surface area contributed by atoms with Crippen LogP contribution >= 0.6 is 0 Å². The average Bonchev–Trinajstić information content (AvgIpc) is 3.06. The van der Waals surface area contributed by atoms with Crippen LogP contribution in [0.5, 0.6) is 5.75 Å². The molecule has 0 radical (unpaired) electrons. The molecule has 2 rings (SSSR count). The second kappa shape index (κ2) is 10.7. The van der Waals surface area contributed by atoms with Crippen LogP contribution in [0.3, 0.4) is 0 Å². The van der Waals surface area contributed by atoms with E-state index in [0.717, 1.165) is 6.42 Å². The Hall–Kier alpha value is -2.81. The number of alkyl carbamates (subject to hydrolysis) is 1. The maximum absolute atomic E-state index is 13.1. The lowest BCUT2D eigenvalue weighted by Crippen LogP contribution is -2.34. The molecule has 1 heterocycles. The molecular formula is C20H28FN3O5. The SMILES string of the molecule is COCCCNc1nc2ccc(OC/C(=C\F)CNC(=O)OC(C)(C)C)cc2o1. The first-order valence-electron chi connectivity index (χ1n) is 9.32. The molecule has 0 spiro atoms. The summed E-state index contributed by atoms with van der Waals surface area (Å²) in [7, 11) is 1.65. The molecule has 0 fully saturated rings. The van der Waals surface area contributed by atoms with Crippen molar-refractivity contribution in [2.45, 2.75) is 32.8 Å². The molecule has 1 aromatic carbocycles. The summed E-state index contributed by atoms with van der Waals surface area (Å²) < 4.78 is 34.4. The topological polar surface area (TPSA) is 94.8 Å². The van der Waals surface area contributed by atoms with Gasteiger partial charge in [0.15, 0.2) is 5.58 Å². The van der Waals surface area contributed by atoms with Gasteiger partial charge in [0.2, 0.25) is 0 Å². The summed E-state index contributed by atoms with van der Waals surface area (Å²) in [6.07, 6.45) is 0.622. The van der Waals surface area contributed by atoms with Crippen LogP contribution in [0.25, 0.3) is 11.1 Å². The summed E-state index contributed by atoms with van der Waals surface area (Å²) in [5.41, 5.74) is 0.868. The molecule has 160 valence electrons. The van der Waals surface area contributed by atoms with Crippen molar-refractivity contribution in [3.05, 3.63) is 30.1 Å². The fourth-order valence-electron chi connectivity index (χ4n) is 2.28. The maximum Gasteiger partial charge on any atom is 0.407 e. The molecule has 0 aliphatic rings. The Balaban J connectivity index is 1.86. The van der Waals surface area contributed by atoms with Gasteiger partial charge in [-0.25, -0.2) is 9.18 Å². The summed E-state index contributed by atoms with van der Waals surface area (Å²) in [5, 5.41) is 5.57. The molecule has 0 atom stereocenters. The third-order valence-corrected chi connectivity index (χ3v) is 3.60. The number of aromatic nitrogens is 1. The van der Waals surface area contributed by atoms with E-state index in [4.69, 9.17) is 18.6 Å². The van der Waals surface area contributed by atoms with Gasteiger partial charge in [-0.3, -0.25) is 0 Å². The number of carbonyl (C=O) groups is 1. The minimum absolute atomic E-state index is 0.0223. The molecule has 0 saturated heterocycles. The van der Waals surface area contributed by atoms with Crippen molar-refractivity contribution in [3.63, 3.8) is 0 Å². The Morgan fingerprint density at radius 3 is 2.83 bits per heavy atom. The maximum atomic E-state index is 13.1. The van der Waals surface area contributed by atoms with E-state index in [-0.39, 0.29) is 18.7 Å². The van der Waals surface area contributed by atoms with Gasteiger partial charge < -0.3 is 29.3 Å². The van der Waals surface area contributed by atoms with E-state index in [2.05, 4.69) is 15.6 Å². The fourth-order valence-corrected chi connectivity index (χ4v) is 2.28. The first-order valence-corrected chi connectivity index (χ1v) is 9.32. The number of amides is 1. The molecule has 0 aliphatic carbocycles. The Bertz CT molecular complexity index is 829. The number of nitrogens with zero attached hydrogens (tertiary/aromatic N) is 1. The third kappa shape index (κ3) is 7.98. The van der Waals surface area contributed by atoms with Crippen LogP contribution in [0, 0.1) is 0 Å². The highest BCUT2D eigenvalue weighted by Gasteiger charge is 2.16. The van der Waals surface area contributed by atoms with Crippen LogP contribution in [0.2, 0.25) is 0 Å². The van der Waals surface area contributed by atoms with Gasteiger partial charge in [-0.1, -0.05) is 0 Å². The minimum atomic E-state index is -0.621. The highest BCUT2D eigenvalue weighted by Crippen LogP contribution is 2.24. The van der Waals surface area contributed by atoms with Crippen LogP contribution in [-0.4, -0.2) is 50.1 Å². The number of ether oxygens (including phenoxy) is 3. The molecule has 0 saturated carbocycles. The van der Waals surface area contributed by atoms with Crippen molar-refractivity contribution in [2.75, 3.05) is 38.7 Å². The van der Waals surface area contributed by atoms with E-state index in [1.54, 1.807) is 46.1 Å². The Labute approximate surface area is 169 Å². The molecule has 0 bridgehead atoms. The van der Waals surface area contributed by atoms with Crippen LogP contribution in [0.4, 0.5) is 15.2 Å². The largest absolute Gasteiger partial charge is 0.489 e. The van der Waals surface area contributed by atoms with Crippen molar-refractivity contribution in [2.24, 2.45) is 0 Å². The fraction of sp³-hybridized carbons (Fsp3) is 0.500. The number of rotatable bonds is 10. The second-order valence-corrected chi connectivity index (χ2v) is 7.33. The Morgan fingerprint density at radius 1 is 1.34 bits per heavy atom. The van der Waals surface area contributed by atoms with Gasteiger partial charge in [0.1, 0.15) is 23.5 Å². The number of oxazole rings is 1. The average molecular weight is 409 g/mol. The predicted molar refractivity (Wildman–Crippen MR) is 108 cm³/mol. The molecule has 0 aliphatic heterocycles. The number of anilines is 1. The highest BCUT2D eigenvalue weighted by molar-refractivity contribution is 5.76. The van der Waals surface area contributed by atoms with Crippen molar-refractivity contribution in [3.8, 4) is 5.75 Å². The zero-order valence-corrected chi connectivity index (χ0v) is 17.2. The van der Waals surface area contributed by atoms with Gasteiger partial charge in [0, 0.05) is 38.4 Å². The lowest BCUT2D eigenvalue weighted by atomic mass is 10.2. The second-order valence-electron chi connectivity index (χ2n) is 7.33. The number of halogens is 1. The summed E-state index contributed by atoms with van der Waals surface area (Å²) in [5.74, 6) is 0.496. The zero-order valence-electron chi connectivity index (χ0n) is 17.2. The number of carbonyl (C=O) groups excluding carboxylic acids is 1. The van der Waals surface area contributed by atoms with Crippen LogP contribution in [0.15, 0.2) is 34.5 Å². The molecule has 9 heteroatoms. The van der Waals surface area contributed by atoms with Gasteiger partial charge in [-0.15, -0.1) is 0 Å². The first-order chi connectivity index (χ1) is 13.8. The minimum Gasteiger partial charge on any atom is -0.489 e. The third-order valence-electron chi connectivity index (χ3n) is 3.60. The quantitative estimate of drug-likeness (QED) is 0.572. The van der Waals surface area contributed by atoms with Crippen LogP contribution < -0.4 is 15.4 Å². The molecule has 2 N–H and O–H groups in total. The van der Waals surface area contributed by atoms with E-state index in [1.807, 2.05) is 0 Å². The summed E-state index contributed by atoms with van der Waals surface area (Å²) in [6.45, 7) is 6.53. The highest BCUT2D eigenvalue weighted by atomic mass is 19.1. The Morgan fingerprint density at radius 2 is 2.14 bits per heavy atom. The molecule has 1 aromatic heterocycles. The molecule has 29 heavy (non-hydrogen) atoms. The summed E-state index contributed by atoms with van der Waals surface area (Å²) in [6, 6.07) is 5.57. The predicted octanol–water partition coefficient (Wildman–Crippen LogP) is 4.03. The first kappa shape index (κ1) is 22.5. The normalized spacial score (nSPS) is 12.1. The number of nitrogens with one attached hydrogen (secondary N) is 2. The number of fused-ring (bicyclic) bond motifs is 1. The molecule has 8 nitrogen and oxygen atoms in total. The summed E-state index contributed by atoms with van der Waals surface area (Å²) >= 11 is 0. The van der Waals surface area contributed by atoms with Gasteiger partial charge in [-0.05, 0) is 39.3 Å². The van der Waals surface area contributed by atoms with E-state index >= 15 is 0 Å². The van der Waals surface area contributed by atoms with Gasteiger partial charge >= 0.3 is 6.09 Å². The Kier molecular flexibility index (Phi) is 8.26. The number of hydrogen-bond acceptors (Lipinski definition) is 7. The van der Waals surface area contributed by atoms with Gasteiger partial charge in [0.05, 0.1) is 6.33 Å². The van der Waals surface area contributed by atoms with Crippen molar-refractivity contribution in [1.29, 1.82) is 0 Å².